The Balaban J connectivity index is 1.63. The molecule has 0 bridgehead atoms. The lowest BCUT2D eigenvalue weighted by molar-refractivity contribution is -0.159. The zero-order valence-electron chi connectivity index (χ0n) is 25.8. The topological polar surface area (TPSA) is 136 Å². The Morgan fingerprint density at radius 1 is 1.07 bits per heavy atom. The van der Waals surface area contributed by atoms with Gasteiger partial charge in [-0.2, -0.15) is 0 Å². The Morgan fingerprint density at radius 3 is 2.34 bits per heavy atom. The third kappa shape index (κ3) is 7.73. The number of nitrogens with zero attached hydrogens (tertiary/aromatic N) is 1. The number of hydrogen-bond acceptors (Lipinski definition) is 7. The number of phenols is 2. The number of nitrogens with one attached hydrogen (secondary N) is 1. The summed E-state index contributed by atoms with van der Waals surface area (Å²) in [6, 6.07) is 2.45. The van der Waals surface area contributed by atoms with Crippen LogP contribution < -0.4 is 5.32 Å². The Bertz CT molecular complexity index is 1100. The maximum Gasteiger partial charge on any atom is 0.329 e. The predicted molar refractivity (Wildman–Crippen MR) is 156 cm³/mol. The number of esters is 1. The molecule has 1 saturated carbocycles. The van der Waals surface area contributed by atoms with Gasteiger partial charge in [0.25, 0.3) is 0 Å². The van der Waals surface area contributed by atoms with E-state index in [1.807, 2.05) is 20.8 Å². The fraction of sp³-hybridized carbons (Fsp3) is 0.719. The second-order valence-corrected chi connectivity index (χ2v) is 13.7. The Labute approximate surface area is 244 Å². The van der Waals surface area contributed by atoms with Crippen molar-refractivity contribution < 1.29 is 34.4 Å². The van der Waals surface area contributed by atoms with E-state index in [2.05, 4.69) is 33.0 Å². The summed E-state index contributed by atoms with van der Waals surface area (Å²) in [4.78, 5) is 41.4. The molecule has 5 atom stereocenters. The summed E-state index contributed by atoms with van der Waals surface area (Å²) in [6.45, 7) is 15.4. The minimum Gasteiger partial charge on any atom is -0.504 e. The van der Waals surface area contributed by atoms with Gasteiger partial charge in [0.1, 0.15) is 18.2 Å². The molecule has 1 aromatic rings. The van der Waals surface area contributed by atoms with Crippen LogP contribution in [0, 0.1) is 22.7 Å². The van der Waals surface area contributed by atoms with Crippen LogP contribution >= 0.6 is 0 Å². The number of benzene rings is 1. The lowest BCUT2D eigenvalue weighted by Crippen LogP contribution is -2.54. The molecule has 0 spiro atoms. The lowest BCUT2D eigenvalue weighted by Gasteiger charge is -2.40. The van der Waals surface area contributed by atoms with Crippen molar-refractivity contribution in [3.8, 4) is 11.5 Å². The quantitative estimate of drug-likeness (QED) is 0.228. The summed E-state index contributed by atoms with van der Waals surface area (Å²) in [6.07, 6.45) is 2.72. The molecule has 2 aliphatic rings. The molecule has 41 heavy (non-hydrogen) atoms. The highest BCUT2D eigenvalue weighted by atomic mass is 16.5. The third-order valence-corrected chi connectivity index (χ3v) is 9.72. The number of aliphatic hydroxyl groups is 1. The first kappa shape index (κ1) is 32.7. The van der Waals surface area contributed by atoms with Crippen LogP contribution in [-0.2, 0) is 25.5 Å². The molecule has 0 radical (unpaired) electrons. The van der Waals surface area contributed by atoms with Gasteiger partial charge in [-0.25, -0.2) is 4.79 Å². The number of likely N-dealkylation sites (tertiary alicyclic amines) is 1. The number of amides is 2. The summed E-state index contributed by atoms with van der Waals surface area (Å²) in [5, 5.41) is 32.4. The highest BCUT2D eigenvalue weighted by Gasteiger charge is 2.49. The maximum absolute atomic E-state index is 13.7. The molecule has 4 N–H and O–H groups in total. The van der Waals surface area contributed by atoms with Crippen LogP contribution in [0.5, 0.6) is 11.5 Å². The fourth-order valence-electron chi connectivity index (χ4n) is 6.36. The monoisotopic (exact) mass is 574 g/mol. The molecule has 1 aliphatic carbocycles. The van der Waals surface area contributed by atoms with E-state index >= 15 is 0 Å². The molecule has 230 valence electrons. The smallest absolute Gasteiger partial charge is 0.329 e. The largest absolute Gasteiger partial charge is 0.504 e. The predicted octanol–water partition coefficient (Wildman–Crippen LogP) is 4.31. The molecule has 3 rings (SSSR count). The van der Waals surface area contributed by atoms with Crippen molar-refractivity contribution in [2.45, 2.75) is 118 Å². The van der Waals surface area contributed by atoms with E-state index in [-0.39, 0.29) is 46.7 Å². The van der Waals surface area contributed by atoms with Crippen LogP contribution in [0.1, 0.15) is 92.6 Å². The van der Waals surface area contributed by atoms with Crippen LogP contribution in [0.4, 0.5) is 0 Å². The average Bonchev–Trinajstić information content (AvgIpc) is 3.44. The van der Waals surface area contributed by atoms with Crippen LogP contribution in [-0.4, -0.2) is 68.8 Å². The number of rotatable bonds is 11. The van der Waals surface area contributed by atoms with E-state index in [9.17, 15) is 29.7 Å². The van der Waals surface area contributed by atoms with Gasteiger partial charge in [0, 0.05) is 13.0 Å². The summed E-state index contributed by atoms with van der Waals surface area (Å²) >= 11 is 0. The van der Waals surface area contributed by atoms with Crippen molar-refractivity contribution in [1.29, 1.82) is 0 Å². The first-order valence-electron chi connectivity index (χ1n) is 15.0. The second-order valence-electron chi connectivity index (χ2n) is 13.7. The van der Waals surface area contributed by atoms with Gasteiger partial charge in [-0.3, -0.25) is 9.59 Å². The number of carbonyl (C=O) groups excluding carboxylic acids is 3. The molecule has 1 aliphatic heterocycles. The van der Waals surface area contributed by atoms with Gasteiger partial charge < -0.3 is 30.3 Å². The molecular formula is C32H50N2O7. The molecule has 2 fully saturated rings. The summed E-state index contributed by atoms with van der Waals surface area (Å²) in [5.74, 6) is -1.60. The highest BCUT2D eigenvalue weighted by Crippen LogP contribution is 2.57. The van der Waals surface area contributed by atoms with Gasteiger partial charge in [0.15, 0.2) is 11.5 Å². The van der Waals surface area contributed by atoms with Crippen LogP contribution in [0.25, 0.3) is 0 Å². The Hall–Kier alpha value is -2.81. The van der Waals surface area contributed by atoms with E-state index < -0.39 is 30.1 Å². The van der Waals surface area contributed by atoms with E-state index in [0.717, 1.165) is 19.3 Å². The number of ether oxygens (including phenoxy) is 1. The minimum absolute atomic E-state index is 0.0717. The molecule has 9 heteroatoms. The van der Waals surface area contributed by atoms with Crippen molar-refractivity contribution in [1.82, 2.24) is 10.2 Å². The zero-order chi connectivity index (χ0) is 30.7. The van der Waals surface area contributed by atoms with Gasteiger partial charge in [0.05, 0.1) is 6.10 Å². The second kappa shape index (κ2) is 13.0. The average molecular weight is 575 g/mol. The fourth-order valence-corrected chi connectivity index (χ4v) is 6.36. The standard InChI is InChI=1S/C32H50N2O7/c1-19(2)15-23(33-28(38)27(37)18-21-10-11-25(35)26(36)17-21)29(39)34-14-8-9-24(34)30(40)41-20(3)16-22-12-13-31(4,5)32(22,6)7/h10-11,17,19-20,22-24,27,35-37H,8-9,12-16,18H2,1-7H3,(H,33,38). The van der Waals surface area contributed by atoms with Gasteiger partial charge >= 0.3 is 5.97 Å². The van der Waals surface area contributed by atoms with Crippen LogP contribution in [0.2, 0.25) is 0 Å². The van der Waals surface area contributed by atoms with E-state index in [1.165, 1.54) is 23.1 Å². The molecule has 0 aromatic heterocycles. The van der Waals surface area contributed by atoms with E-state index in [4.69, 9.17) is 4.74 Å². The van der Waals surface area contributed by atoms with Gasteiger partial charge in [-0.1, -0.05) is 47.6 Å². The normalized spacial score (nSPS) is 23.7. The Kier molecular flexibility index (Phi) is 10.4. The highest BCUT2D eigenvalue weighted by molar-refractivity contribution is 5.92. The SMILES string of the molecule is CC(C)CC(NC(=O)C(O)Cc1ccc(O)c(O)c1)C(=O)N1CCCC1C(=O)OC(C)CC1CCC(C)(C)C1(C)C. The molecule has 5 unspecified atom stereocenters. The molecule has 1 saturated heterocycles. The van der Waals surface area contributed by atoms with E-state index in [0.29, 0.717) is 37.3 Å². The van der Waals surface area contributed by atoms with Gasteiger partial charge in [-0.05, 0) is 85.8 Å². The molecular weight excluding hydrogens is 524 g/mol. The molecule has 2 amide bonds. The molecule has 1 heterocycles. The summed E-state index contributed by atoms with van der Waals surface area (Å²) in [7, 11) is 0. The molecule has 1 aromatic carbocycles. The van der Waals surface area contributed by atoms with Crippen molar-refractivity contribution in [2.24, 2.45) is 22.7 Å². The Morgan fingerprint density at radius 2 is 1.76 bits per heavy atom. The van der Waals surface area contributed by atoms with E-state index in [1.54, 1.807) is 0 Å². The number of carbonyl (C=O) groups is 3. The summed E-state index contributed by atoms with van der Waals surface area (Å²) < 4.78 is 5.90. The number of aromatic hydroxyl groups is 2. The maximum atomic E-state index is 13.7. The van der Waals surface area contributed by atoms with Crippen LogP contribution in [0.15, 0.2) is 18.2 Å². The van der Waals surface area contributed by atoms with Crippen LogP contribution in [0.3, 0.4) is 0 Å². The lowest BCUT2D eigenvalue weighted by atomic mass is 9.66. The molecule has 9 nitrogen and oxygen atoms in total. The van der Waals surface area contributed by atoms with Crippen molar-refractivity contribution in [2.75, 3.05) is 6.54 Å². The van der Waals surface area contributed by atoms with Crippen molar-refractivity contribution in [3.63, 3.8) is 0 Å². The first-order chi connectivity index (χ1) is 19.0. The van der Waals surface area contributed by atoms with Crippen molar-refractivity contribution in [3.05, 3.63) is 23.8 Å². The van der Waals surface area contributed by atoms with Gasteiger partial charge in [-0.15, -0.1) is 0 Å². The zero-order valence-corrected chi connectivity index (χ0v) is 25.8. The number of hydrogen-bond donors (Lipinski definition) is 4. The number of aliphatic hydroxyl groups excluding tert-OH is 1. The number of phenolic OH excluding ortho intramolecular Hbond substituents is 2. The minimum atomic E-state index is -1.47. The first-order valence-corrected chi connectivity index (χ1v) is 15.0. The van der Waals surface area contributed by atoms with Crippen molar-refractivity contribution >= 4 is 17.8 Å². The third-order valence-electron chi connectivity index (χ3n) is 9.72. The summed E-state index contributed by atoms with van der Waals surface area (Å²) in [5.41, 5.74) is 0.819. The van der Waals surface area contributed by atoms with Gasteiger partial charge in [0.2, 0.25) is 11.8 Å².